The Morgan fingerprint density at radius 1 is 1.00 bits per heavy atom. The predicted molar refractivity (Wildman–Crippen MR) is 70.4 cm³/mol. The van der Waals surface area contributed by atoms with E-state index in [0.717, 1.165) is 12.8 Å². The van der Waals surface area contributed by atoms with Gasteiger partial charge >= 0.3 is 104 Å². The van der Waals surface area contributed by atoms with Crippen LogP contribution in [0, 0.1) is 0 Å². The van der Waals surface area contributed by atoms with Gasteiger partial charge in [-0.25, -0.2) is 0 Å². The van der Waals surface area contributed by atoms with Crippen LogP contribution >= 0.6 is 26.8 Å². The number of halogens is 3. The van der Waals surface area contributed by atoms with E-state index in [1.165, 1.54) is 31.3 Å². The number of rotatable bonds is 7. The normalized spacial score (nSPS) is 11.5. The molecular formula is C10H19Cl3Sn. The molecule has 0 saturated heterocycles. The molecule has 0 spiro atoms. The molecule has 0 amide bonds. The van der Waals surface area contributed by atoms with Gasteiger partial charge in [0.25, 0.3) is 0 Å². The molecule has 0 aliphatic carbocycles. The van der Waals surface area contributed by atoms with Crippen LogP contribution in [0.1, 0.15) is 52.4 Å². The zero-order valence-corrected chi connectivity index (χ0v) is 14.1. The van der Waals surface area contributed by atoms with Gasteiger partial charge in [0.2, 0.25) is 0 Å². The van der Waals surface area contributed by atoms with E-state index in [2.05, 4.69) is 13.8 Å². The molecule has 0 bridgehead atoms. The molecule has 0 aromatic rings. The first kappa shape index (κ1) is 15.4. The number of allylic oxidation sites excluding steroid dienone is 1. The monoisotopic (exact) mass is 364 g/mol. The Hall–Kier alpha value is 1.41. The van der Waals surface area contributed by atoms with Crippen molar-refractivity contribution < 1.29 is 0 Å². The van der Waals surface area contributed by atoms with Gasteiger partial charge in [-0.05, 0) is 0 Å². The summed E-state index contributed by atoms with van der Waals surface area (Å²) in [4.78, 5) is 0. The first-order chi connectivity index (χ1) is 6.49. The van der Waals surface area contributed by atoms with Crippen LogP contribution in [0.3, 0.4) is 0 Å². The summed E-state index contributed by atoms with van der Waals surface area (Å²) in [7, 11) is 17.9. The van der Waals surface area contributed by atoms with Crippen LogP contribution in [0.5, 0.6) is 0 Å². The number of hydrogen-bond donors (Lipinski definition) is 0. The molecule has 0 heterocycles. The molecule has 0 nitrogen and oxygen atoms in total. The summed E-state index contributed by atoms with van der Waals surface area (Å²) >= 11 is -3.25. The molecular weight excluding hydrogens is 345 g/mol. The predicted octanol–water partition coefficient (Wildman–Crippen LogP) is 5.49. The summed E-state index contributed by atoms with van der Waals surface area (Å²) in [5.74, 6) is 0. The van der Waals surface area contributed by atoms with Crippen molar-refractivity contribution >= 4 is 41.8 Å². The summed E-state index contributed by atoms with van der Waals surface area (Å²) in [5.41, 5.74) is 1.38. The van der Waals surface area contributed by atoms with Crippen molar-refractivity contribution in [2.75, 3.05) is 0 Å². The maximum absolute atomic E-state index is 5.95. The molecule has 0 unspecified atom stereocenters. The third-order valence-corrected chi connectivity index (χ3v) is 6.37. The van der Waals surface area contributed by atoms with E-state index in [-0.39, 0.29) is 0 Å². The van der Waals surface area contributed by atoms with Crippen LogP contribution in [0.4, 0.5) is 0 Å². The SMILES string of the molecule is CCCCC(=[CH][Sn]([Cl])([Cl])[Cl])CCCC. The molecule has 0 N–H and O–H groups in total. The average molecular weight is 364 g/mol. The van der Waals surface area contributed by atoms with E-state index < -0.39 is 15.0 Å². The Bertz CT molecular complexity index is 163. The van der Waals surface area contributed by atoms with E-state index in [1.807, 2.05) is 4.09 Å². The molecule has 14 heavy (non-hydrogen) atoms. The third-order valence-electron chi connectivity index (χ3n) is 2.07. The molecule has 0 aliphatic heterocycles. The Morgan fingerprint density at radius 3 is 1.71 bits per heavy atom. The molecule has 0 aliphatic rings. The Balaban J connectivity index is 4.15. The van der Waals surface area contributed by atoms with Crippen LogP contribution in [-0.4, -0.2) is 15.0 Å². The number of unbranched alkanes of at least 4 members (excludes halogenated alkanes) is 2. The molecule has 4 heteroatoms. The van der Waals surface area contributed by atoms with Gasteiger partial charge in [0.05, 0.1) is 0 Å². The number of hydrogen-bond acceptors (Lipinski definition) is 0. The zero-order chi connectivity index (χ0) is 11.0. The summed E-state index contributed by atoms with van der Waals surface area (Å²) in [6.45, 7) is 4.38. The van der Waals surface area contributed by atoms with Gasteiger partial charge in [-0.3, -0.25) is 0 Å². The van der Waals surface area contributed by atoms with E-state index >= 15 is 0 Å². The molecule has 84 valence electrons. The average Bonchev–Trinajstić information content (AvgIpc) is 2.07. The first-order valence-corrected chi connectivity index (χ1v) is 17.8. The van der Waals surface area contributed by atoms with Gasteiger partial charge in [0.1, 0.15) is 0 Å². The third kappa shape index (κ3) is 9.94. The van der Waals surface area contributed by atoms with E-state index in [0.29, 0.717) is 0 Å². The van der Waals surface area contributed by atoms with Crippen molar-refractivity contribution in [3.63, 3.8) is 0 Å². The molecule has 0 atom stereocenters. The van der Waals surface area contributed by atoms with Gasteiger partial charge in [-0.15, -0.1) is 0 Å². The van der Waals surface area contributed by atoms with Gasteiger partial charge in [-0.1, -0.05) is 0 Å². The van der Waals surface area contributed by atoms with Crippen LogP contribution in [0.15, 0.2) is 9.67 Å². The van der Waals surface area contributed by atoms with Gasteiger partial charge < -0.3 is 0 Å². The molecule has 0 rings (SSSR count). The van der Waals surface area contributed by atoms with Crippen LogP contribution in [-0.2, 0) is 0 Å². The second kappa shape index (κ2) is 8.55. The summed E-state index contributed by atoms with van der Waals surface area (Å²) < 4.78 is 1.99. The van der Waals surface area contributed by atoms with Gasteiger partial charge in [0, 0.05) is 0 Å². The summed E-state index contributed by atoms with van der Waals surface area (Å²) in [5, 5.41) is 0. The quantitative estimate of drug-likeness (QED) is 0.524. The minimum atomic E-state index is -3.25. The van der Waals surface area contributed by atoms with Gasteiger partial charge in [0.15, 0.2) is 0 Å². The fourth-order valence-electron chi connectivity index (χ4n) is 1.31. The van der Waals surface area contributed by atoms with E-state index in [1.54, 1.807) is 0 Å². The van der Waals surface area contributed by atoms with Gasteiger partial charge in [-0.2, -0.15) is 0 Å². The molecule has 0 aromatic carbocycles. The van der Waals surface area contributed by atoms with Crippen molar-refractivity contribution in [3.8, 4) is 0 Å². The molecule has 0 fully saturated rings. The van der Waals surface area contributed by atoms with E-state index in [4.69, 9.17) is 26.8 Å². The second-order valence-corrected chi connectivity index (χ2v) is 23.4. The van der Waals surface area contributed by atoms with Crippen molar-refractivity contribution in [2.24, 2.45) is 0 Å². The van der Waals surface area contributed by atoms with Crippen molar-refractivity contribution in [2.45, 2.75) is 52.4 Å². The molecule has 0 aromatic heterocycles. The van der Waals surface area contributed by atoms with Crippen LogP contribution in [0.25, 0.3) is 0 Å². The van der Waals surface area contributed by atoms with E-state index in [9.17, 15) is 0 Å². The Labute approximate surface area is 103 Å². The van der Waals surface area contributed by atoms with Crippen LogP contribution < -0.4 is 0 Å². The summed E-state index contributed by atoms with van der Waals surface area (Å²) in [6, 6.07) is 0. The summed E-state index contributed by atoms with van der Waals surface area (Å²) in [6.07, 6.45) is 7.06. The van der Waals surface area contributed by atoms with Crippen LogP contribution in [0.2, 0.25) is 0 Å². The Morgan fingerprint density at radius 2 is 1.43 bits per heavy atom. The van der Waals surface area contributed by atoms with Crippen molar-refractivity contribution in [1.82, 2.24) is 0 Å². The minimum absolute atomic E-state index is 1.11. The van der Waals surface area contributed by atoms with Crippen molar-refractivity contribution in [1.29, 1.82) is 0 Å². The second-order valence-electron chi connectivity index (χ2n) is 3.55. The first-order valence-electron chi connectivity index (χ1n) is 5.27. The van der Waals surface area contributed by atoms with Crippen molar-refractivity contribution in [3.05, 3.63) is 9.67 Å². The standard InChI is InChI=1S/C10H19.3ClH.Sn/c1-4-6-8-10(3)9-7-5-2;;;;/h3H,4-9H2,1-2H3;3*1H;/q;;;;+3/p-3. The Kier molecular flexibility index (Phi) is 9.41. The topological polar surface area (TPSA) is 0 Å². The zero-order valence-electron chi connectivity index (χ0n) is 8.95. The molecule has 0 saturated carbocycles. The molecule has 0 radical (unpaired) electrons. The maximum atomic E-state index is 5.95. The fourth-order valence-corrected chi connectivity index (χ4v) is 6.56. The fraction of sp³-hybridized carbons (Fsp3) is 0.800.